The monoisotopic (exact) mass is 553 g/mol. The molecule has 0 fully saturated rings. The predicted molar refractivity (Wildman–Crippen MR) is 154 cm³/mol. The van der Waals surface area contributed by atoms with Crippen LogP contribution in [-0.2, 0) is 0 Å². The van der Waals surface area contributed by atoms with Gasteiger partial charge in [0.05, 0.1) is 4.70 Å². The van der Waals surface area contributed by atoms with Crippen molar-refractivity contribution in [2.24, 2.45) is 0 Å². The number of hydrogen-bond donors (Lipinski definition) is 2. The lowest BCUT2D eigenvalue weighted by Gasteiger charge is -2.43. The zero-order valence-corrected chi connectivity index (χ0v) is 23.5. The van der Waals surface area contributed by atoms with E-state index in [9.17, 15) is 0 Å². The van der Waals surface area contributed by atoms with Crippen molar-refractivity contribution < 1.29 is 4.43 Å². The number of benzene rings is 3. The smallest absolute Gasteiger partial charge is 0.320 e. The van der Waals surface area contributed by atoms with Crippen molar-refractivity contribution >= 4 is 67.0 Å². The maximum Gasteiger partial charge on any atom is 0.320 e. The topological polar surface area (TPSA) is 60.2 Å². The average Bonchev–Trinajstić information content (AvgIpc) is 3.21. The first-order chi connectivity index (χ1) is 16.2. The van der Waals surface area contributed by atoms with Gasteiger partial charge in [-0.3, -0.25) is 0 Å². The third-order valence-electron chi connectivity index (χ3n) is 6.13. The number of alkyl halides is 1. The Labute approximate surface area is 215 Å². The van der Waals surface area contributed by atoms with Gasteiger partial charge in [-0.15, -0.1) is 0 Å². The molecule has 0 aliphatic rings. The Morgan fingerprint density at radius 2 is 1.62 bits per heavy atom. The number of rotatable bonds is 8. The largest absolute Gasteiger partial charge is 0.532 e. The molecule has 1 atom stereocenters. The van der Waals surface area contributed by atoms with Crippen LogP contribution in [-0.4, -0.2) is 24.7 Å². The first kappa shape index (κ1) is 24.8. The van der Waals surface area contributed by atoms with Crippen molar-refractivity contribution in [1.29, 1.82) is 0 Å². The minimum absolute atomic E-state index is 0.143. The molecule has 34 heavy (non-hydrogen) atoms. The van der Waals surface area contributed by atoms with E-state index in [2.05, 4.69) is 127 Å². The van der Waals surface area contributed by atoms with E-state index in [1.165, 1.54) is 21.7 Å². The van der Waals surface area contributed by atoms with Crippen LogP contribution in [0.15, 0.2) is 72.8 Å². The fraction of sp³-hybridized carbons (Fsp3) is 0.296. The van der Waals surface area contributed by atoms with Gasteiger partial charge in [0.15, 0.2) is 5.13 Å². The number of thiazole rings is 1. The van der Waals surface area contributed by atoms with Crippen molar-refractivity contribution in [3.05, 3.63) is 72.8 Å². The Morgan fingerprint density at radius 3 is 2.15 bits per heavy atom. The summed E-state index contributed by atoms with van der Waals surface area (Å²) in [6.45, 7) is 9.85. The molecule has 0 saturated carbocycles. The molecule has 0 aliphatic carbocycles. The summed E-state index contributed by atoms with van der Waals surface area (Å²) in [4.78, 5) is 5.07. The summed E-state index contributed by atoms with van der Waals surface area (Å²) < 4.78 is 8.34. The molecule has 1 unspecified atom stereocenters. The Kier molecular flexibility index (Phi) is 7.35. The van der Waals surface area contributed by atoms with Crippen LogP contribution < -0.4 is 25.8 Å². The predicted octanol–water partition coefficient (Wildman–Crippen LogP) is 6.40. The van der Waals surface area contributed by atoms with Crippen LogP contribution in [0.25, 0.3) is 10.2 Å². The van der Waals surface area contributed by atoms with E-state index in [-0.39, 0.29) is 5.04 Å². The van der Waals surface area contributed by atoms with Crippen molar-refractivity contribution in [2.75, 3.05) is 17.6 Å². The molecule has 4 rings (SSSR count). The van der Waals surface area contributed by atoms with Gasteiger partial charge in [-0.1, -0.05) is 116 Å². The van der Waals surface area contributed by atoms with Crippen LogP contribution in [0.3, 0.4) is 0 Å². The maximum absolute atomic E-state index is 7.31. The van der Waals surface area contributed by atoms with Crippen molar-refractivity contribution in [1.82, 2.24) is 4.98 Å². The Bertz CT molecular complexity index is 1200. The van der Waals surface area contributed by atoms with Crippen LogP contribution in [0.2, 0.25) is 5.04 Å². The number of nitrogens with zero attached hydrogens (tertiary/aromatic N) is 1. The highest BCUT2D eigenvalue weighted by atomic mass is 79.9. The summed E-state index contributed by atoms with van der Waals surface area (Å²) in [5, 5.41) is 6.44. The summed E-state index contributed by atoms with van der Waals surface area (Å²) in [6.07, 6.45) is 1.05. The highest BCUT2D eigenvalue weighted by molar-refractivity contribution is 9.09. The van der Waals surface area contributed by atoms with E-state index >= 15 is 0 Å². The van der Waals surface area contributed by atoms with E-state index in [1.54, 1.807) is 0 Å². The lowest BCUT2D eigenvalue weighted by molar-refractivity contribution is 0.512. The van der Waals surface area contributed by atoms with Crippen molar-refractivity contribution in [2.45, 2.75) is 44.0 Å². The van der Waals surface area contributed by atoms with E-state index < -0.39 is 8.32 Å². The Balaban J connectivity index is 1.92. The highest BCUT2D eigenvalue weighted by Crippen LogP contribution is 2.41. The number of hydrogen-bond acceptors (Lipinski definition) is 5. The van der Waals surface area contributed by atoms with Gasteiger partial charge in [-0.25, -0.2) is 4.98 Å². The third-order valence-corrected chi connectivity index (χ3v) is 12.9. The minimum atomic E-state index is -2.79. The molecule has 0 spiro atoms. The zero-order valence-electron chi connectivity index (χ0n) is 20.1. The molecular formula is C27H32BrN3OSSi. The van der Waals surface area contributed by atoms with E-state index in [0.29, 0.717) is 9.96 Å². The number of anilines is 2. The summed E-state index contributed by atoms with van der Waals surface area (Å²) in [6, 6.07) is 25.6. The fourth-order valence-electron chi connectivity index (χ4n) is 4.38. The number of aromatic nitrogens is 1. The summed E-state index contributed by atoms with van der Waals surface area (Å²) in [5.74, 6) is 0.782. The number of halogens is 1. The standard InChI is InChI=1S/C27H32BrN3OSSi/c1-5-19(28)18-30-20-16-23(25-24(17-20)33-26(29)31-25)32-34(27(2,3)4,21-12-8-6-9-13-21)22-14-10-7-11-15-22/h6-17,19,30H,5,18H2,1-4H3,(H2,29,31). The van der Waals surface area contributed by atoms with Gasteiger partial charge in [0.25, 0.3) is 0 Å². The number of nitrogens with one attached hydrogen (secondary N) is 1. The Morgan fingerprint density at radius 1 is 1.03 bits per heavy atom. The number of fused-ring (bicyclic) bond motifs is 1. The average molecular weight is 555 g/mol. The van der Waals surface area contributed by atoms with Gasteiger partial charge < -0.3 is 15.5 Å². The lowest BCUT2D eigenvalue weighted by atomic mass is 10.2. The van der Waals surface area contributed by atoms with Gasteiger partial charge in [-0.2, -0.15) is 0 Å². The van der Waals surface area contributed by atoms with Gasteiger partial charge in [0.1, 0.15) is 11.3 Å². The first-order valence-corrected chi connectivity index (χ1v) is 15.3. The molecule has 0 bridgehead atoms. The summed E-state index contributed by atoms with van der Waals surface area (Å²) in [5.41, 5.74) is 8.00. The van der Waals surface area contributed by atoms with Gasteiger partial charge in [-0.05, 0) is 27.9 Å². The molecule has 0 aliphatic heterocycles. The second-order valence-electron chi connectivity index (χ2n) is 9.52. The molecule has 0 radical (unpaired) electrons. The van der Waals surface area contributed by atoms with Gasteiger partial charge >= 0.3 is 8.32 Å². The zero-order chi connectivity index (χ0) is 24.3. The molecule has 4 aromatic rings. The molecule has 1 aromatic heterocycles. The molecule has 3 aromatic carbocycles. The van der Waals surface area contributed by atoms with Crippen LogP contribution in [0.5, 0.6) is 5.75 Å². The van der Waals surface area contributed by atoms with Gasteiger partial charge in [0, 0.05) is 23.1 Å². The van der Waals surface area contributed by atoms with Crippen LogP contribution >= 0.6 is 27.3 Å². The minimum Gasteiger partial charge on any atom is -0.532 e. The van der Waals surface area contributed by atoms with Gasteiger partial charge in [0.2, 0.25) is 0 Å². The molecule has 7 heteroatoms. The quantitative estimate of drug-likeness (QED) is 0.195. The van der Waals surface area contributed by atoms with Crippen molar-refractivity contribution in [3.8, 4) is 5.75 Å². The summed E-state index contributed by atoms with van der Waals surface area (Å²) >= 11 is 5.22. The van der Waals surface area contributed by atoms with Crippen LogP contribution in [0.4, 0.5) is 10.8 Å². The normalized spacial score (nSPS) is 13.1. The van der Waals surface area contributed by atoms with E-state index in [1.807, 2.05) is 0 Å². The lowest BCUT2D eigenvalue weighted by Crippen LogP contribution is -2.68. The molecular weight excluding hydrogens is 522 g/mol. The number of nitrogens with two attached hydrogens (primary N) is 1. The molecule has 1 heterocycles. The van der Waals surface area contributed by atoms with Crippen LogP contribution in [0.1, 0.15) is 34.1 Å². The van der Waals surface area contributed by atoms with Crippen molar-refractivity contribution in [3.63, 3.8) is 0 Å². The molecule has 3 N–H and O–H groups in total. The molecule has 4 nitrogen and oxygen atoms in total. The SMILES string of the molecule is CCC(Br)CNc1cc(O[Si](c2ccccc2)(c2ccccc2)C(C)(C)C)c2nc(N)sc2c1. The molecule has 0 amide bonds. The number of nitrogen functional groups attached to an aromatic ring is 1. The fourth-order valence-corrected chi connectivity index (χ4v) is 9.75. The maximum atomic E-state index is 7.31. The summed E-state index contributed by atoms with van der Waals surface area (Å²) in [7, 11) is -2.79. The highest BCUT2D eigenvalue weighted by Gasteiger charge is 2.52. The molecule has 178 valence electrons. The van der Waals surface area contributed by atoms with E-state index in [4.69, 9.17) is 10.2 Å². The second kappa shape index (κ2) is 10.1. The third kappa shape index (κ3) is 4.87. The van der Waals surface area contributed by atoms with Crippen LogP contribution in [0, 0.1) is 0 Å². The second-order valence-corrected chi connectivity index (χ2v) is 16.1. The Hall–Kier alpha value is -2.35. The first-order valence-electron chi connectivity index (χ1n) is 11.6. The molecule has 0 saturated heterocycles. The van der Waals surface area contributed by atoms with E-state index in [0.717, 1.165) is 34.6 Å².